The van der Waals surface area contributed by atoms with Gasteiger partial charge >= 0.3 is 0 Å². The average molecular weight is 512 g/mol. The molecule has 1 N–H and O–H groups in total. The molecule has 1 heterocycles. The Labute approximate surface area is 184 Å². The summed E-state index contributed by atoms with van der Waals surface area (Å²) in [7, 11) is 0. The summed E-state index contributed by atoms with van der Waals surface area (Å²) in [6, 6.07) is 13.1. The molecule has 1 aliphatic rings. The van der Waals surface area contributed by atoms with E-state index in [1.54, 1.807) is 12.1 Å². The third-order valence-corrected chi connectivity index (χ3v) is 5.76. The van der Waals surface area contributed by atoms with Crippen LogP contribution in [0.25, 0.3) is 0 Å². The van der Waals surface area contributed by atoms with Gasteiger partial charge in [-0.1, -0.05) is 18.5 Å². The Morgan fingerprint density at radius 2 is 1.75 bits per heavy atom. The van der Waals surface area contributed by atoms with Crippen LogP contribution in [-0.4, -0.2) is 42.9 Å². The molecule has 0 radical (unpaired) electrons. The number of nitrogens with zero attached hydrogens (tertiary/aromatic N) is 2. The van der Waals surface area contributed by atoms with Crippen molar-refractivity contribution in [1.29, 1.82) is 0 Å². The summed E-state index contributed by atoms with van der Waals surface area (Å²) in [6.45, 7) is 5.17. The van der Waals surface area contributed by atoms with Crippen molar-refractivity contribution in [3.63, 3.8) is 0 Å². The van der Waals surface area contributed by atoms with Crippen molar-refractivity contribution in [2.24, 2.45) is 0 Å². The number of anilines is 2. The van der Waals surface area contributed by atoms with Crippen LogP contribution in [0.15, 0.2) is 42.5 Å². The third kappa shape index (κ3) is 5.17. The van der Waals surface area contributed by atoms with E-state index in [1.807, 2.05) is 42.2 Å². The molecular weight excluding hydrogens is 489 g/mol. The van der Waals surface area contributed by atoms with Gasteiger partial charge < -0.3 is 15.1 Å². The molecule has 0 unspecified atom stereocenters. The van der Waals surface area contributed by atoms with Crippen molar-refractivity contribution in [1.82, 2.24) is 4.90 Å². The number of halogens is 2. The molecule has 7 heteroatoms. The molecule has 28 heavy (non-hydrogen) atoms. The first-order chi connectivity index (χ1) is 13.5. The van der Waals surface area contributed by atoms with E-state index in [-0.39, 0.29) is 11.8 Å². The normalized spacial score (nSPS) is 14.1. The van der Waals surface area contributed by atoms with Gasteiger partial charge in [-0.2, -0.15) is 0 Å². The van der Waals surface area contributed by atoms with Crippen molar-refractivity contribution in [3.05, 3.63) is 56.6 Å². The van der Waals surface area contributed by atoms with Gasteiger partial charge in [-0.15, -0.1) is 0 Å². The number of benzene rings is 2. The van der Waals surface area contributed by atoms with Crippen LogP contribution in [0.2, 0.25) is 5.02 Å². The fraction of sp³-hybridized carbons (Fsp3) is 0.333. The lowest BCUT2D eigenvalue weighted by Crippen LogP contribution is -2.48. The largest absolute Gasteiger partial charge is 0.368 e. The minimum atomic E-state index is -0.223. The Morgan fingerprint density at radius 3 is 2.39 bits per heavy atom. The van der Waals surface area contributed by atoms with E-state index < -0.39 is 0 Å². The number of hydrogen-bond acceptors (Lipinski definition) is 3. The number of hydrogen-bond donors (Lipinski definition) is 1. The van der Waals surface area contributed by atoms with E-state index in [0.717, 1.165) is 47.5 Å². The maximum absolute atomic E-state index is 12.5. The van der Waals surface area contributed by atoms with Gasteiger partial charge in [0, 0.05) is 47.5 Å². The third-order valence-electron chi connectivity index (χ3n) is 4.76. The Bertz CT molecular complexity index is 849. The maximum atomic E-state index is 12.5. The van der Waals surface area contributed by atoms with E-state index in [9.17, 15) is 9.59 Å². The maximum Gasteiger partial charge on any atom is 0.257 e. The highest BCUT2D eigenvalue weighted by atomic mass is 127. The lowest BCUT2D eigenvalue weighted by molar-refractivity contribution is -0.131. The highest BCUT2D eigenvalue weighted by Crippen LogP contribution is 2.23. The van der Waals surface area contributed by atoms with Gasteiger partial charge in [-0.25, -0.2) is 0 Å². The van der Waals surface area contributed by atoms with Gasteiger partial charge in [0.25, 0.3) is 5.91 Å². The molecule has 148 valence electrons. The van der Waals surface area contributed by atoms with Crippen molar-refractivity contribution in [3.8, 4) is 0 Å². The fourth-order valence-corrected chi connectivity index (χ4v) is 3.91. The molecule has 2 aromatic carbocycles. The molecule has 0 atom stereocenters. The summed E-state index contributed by atoms with van der Waals surface area (Å²) >= 11 is 8.30. The molecule has 0 aromatic heterocycles. The quantitative estimate of drug-likeness (QED) is 0.595. The average Bonchev–Trinajstić information content (AvgIpc) is 2.70. The molecule has 0 saturated carbocycles. The van der Waals surface area contributed by atoms with E-state index in [2.05, 4.69) is 32.8 Å². The molecule has 1 aliphatic heterocycles. The monoisotopic (exact) mass is 511 g/mol. The zero-order valence-electron chi connectivity index (χ0n) is 15.8. The van der Waals surface area contributed by atoms with Gasteiger partial charge in [-0.3, -0.25) is 9.59 Å². The van der Waals surface area contributed by atoms with Crippen LogP contribution in [0.4, 0.5) is 11.4 Å². The molecule has 2 amide bonds. The zero-order valence-corrected chi connectivity index (χ0v) is 18.7. The smallest absolute Gasteiger partial charge is 0.257 e. The van der Waals surface area contributed by atoms with E-state index in [4.69, 9.17) is 11.6 Å². The molecule has 0 aliphatic carbocycles. The minimum Gasteiger partial charge on any atom is -0.368 e. The summed E-state index contributed by atoms with van der Waals surface area (Å²) in [5.41, 5.74) is 2.28. The fourth-order valence-electron chi connectivity index (χ4n) is 3.21. The topological polar surface area (TPSA) is 52.7 Å². The molecule has 1 fully saturated rings. The number of amides is 2. The Kier molecular flexibility index (Phi) is 7.18. The lowest BCUT2D eigenvalue weighted by atomic mass is 10.2. The van der Waals surface area contributed by atoms with Crippen LogP contribution < -0.4 is 10.2 Å². The van der Waals surface area contributed by atoms with Gasteiger partial charge in [-0.05, 0) is 71.5 Å². The van der Waals surface area contributed by atoms with Gasteiger partial charge in [0.15, 0.2) is 0 Å². The Morgan fingerprint density at radius 1 is 1.07 bits per heavy atom. The number of carbonyl (C=O) groups is 2. The standard InChI is InChI=1S/C21H23ClIN3O2/c1-2-3-20(27)26-12-10-25(11-13-26)17-7-5-16(6-8-17)24-21(28)18-14-15(23)4-9-19(18)22/h4-9,14H,2-3,10-13H2,1H3,(H,24,28). The van der Waals surface area contributed by atoms with Crippen LogP contribution in [0.5, 0.6) is 0 Å². The summed E-state index contributed by atoms with van der Waals surface area (Å²) in [4.78, 5) is 28.7. The first kappa shape index (κ1) is 20.9. The molecule has 1 saturated heterocycles. The number of piperazine rings is 1. The van der Waals surface area contributed by atoms with Crippen LogP contribution >= 0.6 is 34.2 Å². The highest BCUT2D eigenvalue weighted by Gasteiger charge is 2.20. The predicted molar refractivity (Wildman–Crippen MR) is 122 cm³/mol. The first-order valence-corrected chi connectivity index (χ1v) is 10.8. The summed E-state index contributed by atoms with van der Waals surface area (Å²) in [5.74, 6) is 0.0220. The second-order valence-electron chi connectivity index (χ2n) is 6.74. The van der Waals surface area contributed by atoms with Crippen LogP contribution in [-0.2, 0) is 4.79 Å². The van der Waals surface area contributed by atoms with E-state index in [0.29, 0.717) is 17.0 Å². The molecule has 0 bridgehead atoms. The minimum absolute atomic E-state index is 0.223. The number of rotatable bonds is 5. The molecule has 5 nitrogen and oxygen atoms in total. The lowest BCUT2D eigenvalue weighted by Gasteiger charge is -2.36. The predicted octanol–water partition coefficient (Wildman–Crippen LogP) is 4.65. The molecule has 3 rings (SSSR count). The summed E-state index contributed by atoms with van der Waals surface area (Å²) in [5, 5.41) is 3.33. The zero-order chi connectivity index (χ0) is 20.1. The first-order valence-electron chi connectivity index (χ1n) is 9.37. The van der Waals surface area contributed by atoms with E-state index >= 15 is 0 Å². The number of nitrogens with one attached hydrogen (secondary N) is 1. The van der Waals surface area contributed by atoms with Gasteiger partial charge in [0.05, 0.1) is 10.6 Å². The Hall–Kier alpha value is -1.80. The van der Waals surface area contributed by atoms with E-state index in [1.165, 1.54) is 0 Å². The summed E-state index contributed by atoms with van der Waals surface area (Å²) in [6.07, 6.45) is 1.51. The van der Waals surface area contributed by atoms with Crippen LogP contribution in [0.3, 0.4) is 0 Å². The molecule has 2 aromatic rings. The van der Waals surface area contributed by atoms with Crippen LogP contribution in [0, 0.1) is 3.57 Å². The molecular formula is C21H23ClIN3O2. The van der Waals surface area contributed by atoms with Crippen LogP contribution in [0.1, 0.15) is 30.1 Å². The van der Waals surface area contributed by atoms with Crippen molar-refractivity contribution in [2.75, 3.05) is 36.4 Å². The second kappa shape index (κ2) is 9.60. The molecule has 0 spiro atoms. The number of carbonyl (C=O) groups excluding carboxylic acids is 2. The SMILES string of the molecule is CCCC(=O)N1CCN(c2ccc(NC(=O)c3cc(I)ccc3Cl)cc2)CC1. The summed E-state index contributed by atoms with van der Waals surface area (Å²) < 4.78 is 0.957. The van der Waals surface area contributed by atoms with Gasteiger partial charge in [0.2, 0.25) is 5.91 Å². The van der Waals surface area contributed by atoms with Gasteiger partial charge in [0.1, 0.15) is 0 Å². The van der Waals surface area contributed by atoms with Crippen molar-refractivity contribution >= 4 is 57.4 Å². The second-order valence-corrected chi connectivity index (χ2v) is 8.40. The van der Waals surface area contributed by atoms with Crippen molar-refractivity contribution in [2.45, 2.75) is 19.8 Å². The Balaban J connectivity index is 1.59. The highest BCUT2D eigenvalue weighted by molar-refractivity contribution is 14.1. The van der Waals surface area contributed by atoms with Crippen molar-refractivity contribution < 1.29 is 9.59 Å².